The summed E-state index contributed by atoms with van der Waals surface area (Å²) in [6, 6.07) is 2.64. The third-order valence-corrected chi connectivity index (χ3v) is 2.88. The molecule has 0 saturated carbocycles. The molecule has 1 aliphatic rings. The summed E-state index contributed by atoms with van der Waals surface area (Å²) in [6.45, 7) is 1.62. The number of hydrogen-bond donors (Lipinski definition) is 1. The minimum atomic E-state index is -0.659. The molecule has 0 bridgehead atoms. The van der Waals surface area contributed by atoms with Crippen molar-refractivity contribution < 1.29 is 14.1 Å². The number of amides is 1. The quantitative estimate of drug-likeness (QED) is 0.658. The Balaban J connectivity index is 0.00000162. The number of carbonyl (C=O) groups is 1. The van der Waals surface area contributed by atoms with E-state index in [2.05, 4.69) is 5.32 Å². The number of halogens is 1. The third-order valence-electron chi connectivity index (χ3n) is 2.88. The number of nitrogens with zero attached hydrogens (tertiary/aromatic N) is 2. The molecule has 0 radical (unpaired) electrons. The van der Waals surface area contributed by atoms with Crippen LogP contribution in [0.1, 0.15) is 17.0 Å². The Morgan fingerprint density at radius 3 is 2.83 bits per heavy atom. The number of nitro groups is 1. The summed E-state index contributed by atoms with van der Waals surface area (Å²) in [7, 11) is 1.67. The van der Waals surface area contributed by atoms with E-state index in [1.165, 1.54) is 12.1 Å². The molecule has 8 heteroatoms. The largest absolute Gasteiger partial charge is 0.433 e. The van der Waals surface area contributed by atoms with Crippen molar-refractivity contribution in [3.05, 3.63) is 28.0 Å². The third kappa shape index (κ3) is 2.80. The molecule has 1 aliphatic heterocycles. The van der Waals surface area contributed by atoms with Crippen molar-refractivity contribution in [1.29, 1.82) is 0 Å². The fourth-order valence-corrected chi connectivity index (χ4v) is 1.85. The van der Waals surface area contributed by atoms with Gasteiger partial charge in [-0.1, -0.05) is 0 Å². The van der Waals surface area contributed by atoms with Gasteiger partial charge in [-0.25, -0.2) is 0 Å². The van der Waals surface area contributed by atoms with E-state index >= 15 is 0 Å². The van der Waals surface area contributed by atoms with Crippen molar-refractivity contribution in [2.45, 2.75) is 12.5 Å². The lowest BCUT2D eigenvalue weighted by Crippen LogP contribution is -2.38. The SMILES string of the molecule is CN(C(=O)c1ccc([N+](=O)[O-])o1)C1CCNC1.Cl. The molecule has 1 N–H and O–H groups in total. The fourth-order valence-electron chi connectivity index (χ4n) is 1.85. The monoisotopic (exact) mass is 275 g/mol. The molecule has 1 aromatic heterocycles. The van der Waals surface area contributed by atoms with Gasteiger partial charge in [-0.15, -0.1) is 12.4 Å². The predicted octanol–water partition coefficient (Wildman–Crippen LogP) is 1.04. The highest BCUT2D eigenvalue weighted by atomic mass is 35.5. The first-order valence-corrected chi connectivity index (χ1v) is 5.31. The van der Waals surface area contributed by atoms with Gasteiger partial charge in [0.05, 0.1) is 6.07 Å². The van der Waals surface area contributed by atoms with Gasteiger partial charge in [0.15, 0.2) is 5.76 Å². The van der Waals surface area contributed by atoms with Gasteiger partial charge in [-0.05, 0) is 19.0 Å². The Morgan fingerprint density at radius 1 is 1.61 bits per heavy atom. The topological polar surface area (TPSA) is 88.6 Å². The van der Waals surface area contributed by atoms with Gasteiger partial charge in [0, 0.05) is 19.6 Å². The molecule has 1 unspecified atom stereocenters. The Kier molecular flexibility index (Phi) is 4.69. The molecular weight excluding hydrogens is 262 g/mol. The maximum absolute atomic E-state index is 11.9. The van der Waals surface area contributed by atoms with Crippen LogP contribution in [0.4, 0.5) is 5.88 Å². The van der Waals surface area contributed by atoms with Crippen molar-refractivity contribution in [2.75, 3.05) is 20.1 Å². The van der Waals surface area contributed by atoms with E-state index in [4.69, 9.17) is 4.42 Å². The lowest BCUT2D eigenvalue weighted by Gasteiger charge is -2.22. The summed E-state index contributed by atoms with van der Waals surface area (Å²) in [5.41, 5.74) is 0. The van der Waals surface area contributed by atoms with Crippen LogP contribution in [0.25, 0.3) is 0 Å². The number of nitrogens with one attached hydrogen (secondary N) is 1. The van der Waals surface area contributed by atoms with Gasteiger partial charge in [-0.3, -0.25) is 14.9 Å². The Morgan fingerprint density at radius 2 is 2.33 bits per heavy atom. The highest BCUT2D eigenvalue weighted by Gasteiger charge is 2.27. The van der Waals surface area contributed by atoms with E-state index < -0.39 is 10.8 Å². The molecular formula is C10H14ClN3O4. The number of furan rings is 1. The average molecular weight is 276 g/mol. The minimum absolute atomic E-state index is 0. The molecule has 18 heavy (non-hydrogen) atoms. The highest BCUT2D eigenvalue weighted by molar-refractivity contribution is 5.91. The van der Waals surface area contributed by atoms with Crippen LogP contribution in [0.2, 0.25) is 0 Å². The standard InChI is InChI=1S/C10H13N3O4.ClH/c1-12(7-4-5-11-6-7)10(14)8-2-3-9(17-8)13(15)16;/h2-3,7,11H,4-6H2,1H3;1H. The number of rotatable bonds is 3. The summed E-state index contributed by atoms with van der Waals surface area (Å²) in [4.78, 5) is 23.3. The van der Waals surface area contributed by atoms with Crippen molar-refractivity contribution in [2.24, 2.45) is 0 Å². The molecule has 1 amide bonds. The number of carbonyl (C=O) groups excluding carboxylic acids is 1. The molecule has 0 aromatic carbocycles. The lowest BCUT2D eigenvalue weighted by atomic mass is 10.2. The van der Waals surface area contributed by atoms with Crippen LogP contribution in [-0.4, -0.2) is 41.9 Å². The molecule has 1 aromatic rings. The van der Waals surface area contributed by atoms with Crippen LogP contribution in [0.3, 0.4) is 0 Å². The Labute approximate surface area is 110 Å². The van der Waals surface area contributed by atoms with E-state index in [0.717, 1.165) is 19.5 Å². The molecule has 2 heterocycles. The molecule has 1 saturated heterocycles. The van der Waals surface area contributed by atoms with Crippen LogP contribution in [0, 0.1) is 10.1 Å². The second-order valence-electron chi connectivity index (χ2n) is 3.96. The van der Waals surface area contributed by atoms with E-state index in [0.29, 0.717) is 0 Å². The summed E-state index contributed by atoms with van der Waals surface area (Å²) >= 11 is 0. The normalized spacial score (nSPS) is 18.2. The van der Waals surface area contributed by atoms with Gasteiger partial charge in [0.25, 0.3) is 5.91 Å². The first-order chi connectivity index (χ1) is 8.09. The lowest BCUT2D eigenvalue weighted by molar-refractivity contribution is -0.402. The van der Waals surface area contributed by atoms with Crippen molar-refractivity contribution in [1.82, 2.24) is 10.2 Å². The zero-order chi connectivity index (χ0) is 12.4. The summed E-state index contributed by atoms with van der Waals surface area (Å²) in [5.74, 6) is -0.732. The highest BCUT2D eigenvalue weighted by Crippen LogP contribution is 2.18. The first kappa shape index (κ1) is 14.5. The smallest absolute Gasteiger partial charge is 0.395 e. The van der Waals surface area contributed by atoms with Crippen LogP contribution in [-0.2, 0) is 0 Å². The second kappa shape index (κ2) is 5.83. The van der Waals surface area contributed by atoms with E-state index in [9.17, 15) is 14.9 Å². The Hall–Kier alpha value is -1.60. The van der Waals surface area contributed by atoms with E-state index in [1.54, 1.807) is 11.9 Å². The minimum Gasteiger partial charge on any atom is -0.395 e. The van der Waals surface area contributed by atoms with Gasteiger partial charge in [0.2, 0.25) is 0 Å². The zero-order valence-corrected chi connectivity index (χ0v) is 10.6. The first-order valence-electron chi connectivity index (χ1n) is 5.31. The van der Waals surface area contributed by atoms with Crippen LogP contribution >= 0.6 is 12.4 Å². The van der Waals surface area contributed by atoms with Gasteiger partial charge < -0.3 is 14.6 Å². The van der Waals surface area contributed by atoms with Crippen LogP contribution < -0.4 is 5.32 Å². The van der Waals surface area contributed by atoms with Gasteiger partial charge >= 0.3 is 5.88 Å². The summed E-state index contributed by atoms with van der Waals surface area (Å²) < 4.78 is 4.88. The number of likely N-dealkylation sites (N-methyl/N-ethyl adjacent to an activating group) is 1. The van der Waals surface area contributed by atoms with Crippen molar-refractivity contribution in [3.8, 4) is 0 Å². The van der Waals surface area contributed by atoms with E-state index in [-0.39, 0.29) is 30.1 Å². The molecule has 0 aliphatic carbocycles. The van der Waals surface area contributed by atoms with Crippen molar-refractivity contribution >= 4 is 24.2 Å². The van der Waals surface area contributed by atoms with E-state index in [1.807, 2.05) is 0 Å². The summed E-state index contributed by atoms with van der Waals surface area (Å²) in [6.07, 6.45) is 0.880. The zero-order valence-electron chi connectivity index (χ0n) is 9.79. The maximum Gasteiger partial charge on any atom is 0.433 e. The molecule has 1 atom stereocenters. The molecule has 7 nitrogen and oxygen atoms in total. The van der Waals surface area contributed by atoms with Crippen LogP contribution in [0.15, 0.2) is 16.5 Å². The second-order valence-corrected chi connectivity index (χ2v) is 3.96. The summed E-state index contributed by atoms with van der Waals surface area (Å²) in [5, 5.41) is 13.6. The number of hydrogen-bond acceptors (Lipinski definition) is 5. The average Bonchev–Trinajstić information content (AvgIpc) is 2.97. The molecule has 100 valence electrons. The molecule has 1 fully saturated rings. The Bertz CT molecular complexity index is 442. The predicted molar refractivity (Wildman–Crippen MR) is 66.0 cm³/mol. The maximum atomic E-state index is 11.9. The molecule has 0 spiro atoms. The fraction of sp³-hybridized carbons (Fsp3) is 0.500. The molecule has 2 rings (SSSR count). The van der Waals surface area contributed by atoms with Crippen LogP contribution in [0.5, 0.6) is 0 Å². The van der Waals surface area contributed by atoms with Gasteiger partial charge in [0.1, 0.15) is 4.92 Å². The van der Waals surface area contributed by atoms with Gasteiger partial charge in [-0.2, -0.15) is 0 Å². The van der Waals surface area contributed by atoms with Crippen molar-refractivity contribution in [3.63, 3.8) is 0 Å².